The number of rotatable bonds is 10. The third-order valence-electron chi connectivity index (χ3n) is 4.29. The van der Waals surface area contributed by atoms with Crippen LogP contribution in [0.25, 0.3) is 0 Å². The first-order valence-electron chi connectivity index (χ1n) is 9.32. The SMILES string of the molecule is CCc1nncn1CCNC(=NC)NCCCCN(C)c1ccccc1.I. The highest BCUT2D eigenvalue weighted by Crippen LogP contribution is 2.11. The molecule has 0 fully saturated rings. The van der Waals surface area contributed by atoms with Crippen LogP contribution in [0.5, 0.6) is 0 Å². The van der Waals surface area contributed by atoms with Crippen molar-refractivity contribution in [3.05, 3.63) is 42.5 Å². The largest absolute Gasteiger partial charge is 0.375 e. The van der Waals surface area contributed by atoms with Crippen molar-refractivity contribution in [1.29, 1.82) is 0 Å². The molecule has 0 atom stereocenters. The molecule has 7 nitrogen and oxygen atoms in total. The van der Waals surface area contributed by atoms with Crippen LogP contribution in [0.2, 0.25) is 0 Å². The summed E-state index contributed by atoms with van der Waals surface area (Å²) in [6, 6.07) is 10.5. The van der Waals surface area contributed by atoms with Crippen molar-refractivity contribution in [2.24, 2.45) is 4.99 Å². The Hall–Kier alpha value is -1.84. The Labute approximate surface area is 179 Å². The molecule has 0 unspecified atom stereocenters. The Morgan fingerprint density at radius 1 is 1.15 bits per heavy atom. The number of aliphatic imine (C=N–C) groups is 1. The number of halogens is 1. The standard InChI is InChI=1S/C19H31N7.HI/c1-4-18-24-23-16-26(18)15-13-22-19(20-2)21-12-8-9-14-25(3)17-10-6-5-7-11-17;/h5-7,10-11,16H,4,8-9,12-15H2,1-3H3,(H2,20,21,22);1H. The lowest BCUT2D eigenvalue weighted by atomic mass is 10.2. The van der Waals surface area contributed by atoms with Crippen molar-refractivity contribution in [2.75, 3.05) is 38.6 Å². The lowest BCUT2D eigenvalue weighted by molar-refractivity contribution is 0.627. The summed E-state index contributed by atoms with van der Waals surface area (Å²) >= 11 is 0. The summed E-state index contributed by atoms with van der Waals surface area (Å²) in [6.07, 6.45) is 4.91. The number of hydrogen-bond acceptors (Lipinski definition) is 4. The third-order valence-corrected chi connectivity index (χ3v) is 4.29. The van der Waals surface area contributed by atoms with Gasteiger partial charge in [0.25, 0.3) is 0 Å². The molecule has 2 rings (SSSR count). The molecule has 0 saturated carbocycles. The first-order valence-corrected chi connectivity index (χ1v) is 9.32. The van der Waals surface area contributed by atoms with Gasteiger partial charge in [-0.2, -0.15) is 0 Å². The number of nitrogens with one attached hydrogen (secondary N) is 2. The fraction of sp³-hybridized carbons (Fsp3) is 0.526. The number of aromatic nitrogens is 3. The molecule has 1 heterocycles. The van der Waals surface area contributed by atoms with Crippen molar-refractivity contribution in [1.82, 2.24) is 25.4 Å². The van der Waals surface area contributed by atoms with E-state index in [0.717, 1.165) is 57.2 Å². The quantitative estimate of drug-likeness (QED) is 0.234. The number of guanidine groups is 1. The van der Waals surface area contributed by atoms with Gasteiger partial charge >= 0.3 is 0 Å². The van der Waals surface area contributed by atoms with Gasteiger partial charge in [-0.25, -0.2) is 0 Å². The van der Waals surface area contributed by atoms with E-state index in [-0.39, 0.29) is 24.0 Å². The number of nitrogens with zero attached hydrogens (tertiary/aromatic N) is 5. The first kappa shape index (κ1) is 23.2. The molecule has 8 heteroatoms. The van der Waals surface area contributed by atoms with E-state index >= 15 is 0 Å². The predicted molar refractivity (Wildman–Crippen MR) is 123 cm³/mol. The molecular weight excluding hydrogens is 453 g/mol. The van der Waals surface area contributed by atoms with Crippen LogP contribution >= 0.6 is 24.0 Å². The zero-order chi connectivity index (χ0) is 18.6. The minimum absolute atomic E-state index is 0. The minimum atomic E-state index is 0. The summed E-state index contributed by atoms with van der Waals surface area (Å²) in [7, 11) is 3.94. The van der Waals surface area contributed by atoms with E-state index < -0.39 is 0 Å². The fourth-order valence-corrected chi connectivity index (χ4v) is 2.75. The molecule has 0 aliphatic carbocycles. The van der Waals surface area contributed by atoms with Crippen LogP contribution < -0.4 is 15.5 Å². The smallest absolute Gasteiger partial charge is 0.191 e. The van der Waals surface area contributed by atoms with E-state index in [2.05, 4.69) is 73.5 Å². The summed E-state index contributed by atoms with van der Waals surface area (Å²) in [4.78, 5) is 6.56. The maximum absolute atomic E-state index is 4.27. The van der Waals surface area contributed by atoms with Crippen LogP contribution in [0.4, 0.5) is 5.69 Å². The Morgan fingerprint density at radius 2 is 1.89 bits per heavy atom. The predicted octanol–water partition coefficient (Wildman–Crippen LogP) is 2.54. The normalized spacial score (nSPS) is 11.0. The molecule has 0 spiro atoms. The van der Waals surface area contributed by atoms with Crippen molar-refractivity contribution in [3.63, 3.8) is 0 Å². The van der Waals surface area contributed by atoms with Crippen molar-refractivity contribution < 1.29 is 0 Å². The zero-order valence-electron chi connectivity index (χ0n) is 16.6. The molecule has 0 bridgehead atoms. The van der Waals surface area contributed by atoms with Gasteiger partial charge in [0.2, 0.25) is 0 Å². The van der Waals surface area contributed by atoms with Gasteiger partial charge < -0.3 is 20.1 Å². The first-order chi connectivity index (χ1) is 12.7. The summed E-state index contributed by atoms with van der Waals surface area (Å²) in [5, 5.41) is 14.8. The van der Waals surface area contributed by atoms with Crippen molar-refractivity contribution in [3.8, 4) is 0 Å². The summed E-state index contributed by atoms with van der Waals surface area (Å²) in [6.45, 7) is 5.67. The average Bonchev–Trinajstić information content (AvgIpc) is 3.14. The van der Waals surface area contributed by atoms with Gasteiger partial charge in [0.05, 0.1) is 0 Å². The van der Waals surface area contributed by atoms with Crippen LogP contribution in [0.3, 0.4) is 0 Å². The number of hydrogen-bond donors (Lipinski definition) is 2. The van der Waals surface area contributed by atoms with Crippen LogP contribution in [0.15, 0.2) is 41.7 Å². The molecule has 2 aromatic rings. The Kier molecular flexibility index (Phi) is 11.5. The summed E-state index contributed by atoms with van der Waals surface area (Å²) in [5.41, 5.74) is 1.26. The summed E-state index contributed by atoms with van der Waals surface area (Å²) < 4.78 is 2.07. The van der Waals surface area contributed by atoms with E-state index in [9.17, 15) is 0 Å². The van der Waals surface area contributed by atoms with Crippen molar-refractivity contribution in [2.45, 2.75) is 32.7 Å². The van der Waals surface area contributed by atoms with Gasteiger partial charge in [-0.15, -0.1) is 34.2 Å². The molecular formula is C19H32IN7. The summed E-state index contributed by atoms with van der Waals surface area (Å²) in [5.74, 6) is 1.85. The van der Waals surface area contributed by atoms with Crippen LogP contribution in [-0.2, 0) is 13.0 Å². The Morgan fingerprint density at radius 3 is 2.59 bits per heavy atom. The molecule has 1 aromatic heterocycles. The molecule has 0 radical (unpaired) electrons. The van der Waals surface area contributed by atoms with E-state index in [4.69, 9.17) is 0 Å². The number of benzene rings is 1. The second-order valence-electron chi connectivity index (χ2n) is 6.18. The fourth-order valence-electron chi connectivity index (χ4n) is 2.75. The van der Waals surface area contributed by atoms with Crippen LogP contribution in [0, 0.1) is 0 Å². The average molecular weight is 485 g/mol. The van der Waals surface area contributed by atoms with Crippen molar-refractivity contribution >= 4 is 35.6 Å². The lowest BCUT2D eigenvalue weighted by Gasteiger charge is -2.19. The zero-order valence-corrected chi connectivity index (χ0v) is 18.9. The maximum atomic E-state index is 4.27. The van der Waals surface area contributed by atoms with E-state index in [1.807, 2.05) is 6.07 Å². The molecule has 2 N–H and O–H groups in total. The molecule has 0 aliphatic rings. The van der Waals surface area contributed by atoms with Gasteiger partial charge in [0.1, 0.15) is 12.2 Å². The maximum Gasteiger partial charge on any atom is 0.191 e. The topological polar surface area (TPSA) is 70.4 Å². The molecule has 0 saturated heterocycles. The monoisotopic (exact) mass is 485 g/mol. The van der Waals surface area contributed by atoms with Gasteiger partial charge in [-0.1, -0.05) is 25.1 Å². The van der Waals surface area contributed by atoms with Gasteiger partial charge in [-0.3, -0.25) is 4.99 Å². The third kappa shape index (κ3) is 8.15. The highest BCUT2D eigenvalue weighted by atomic mass is 127. The van der Waals surface area contributed by atoms with E-state index in [1.54, 1.807) is 13.4 Å². The molecule has 0 amide bonds. The van der Waals surface area contributed by atoms with E-state index in [0.29, 0.717) is 0 Å². The molecule has 0 aliphatic heterocycles. The molecule has 150 valence electrons. The van der Waals surface area contributed by atoms with Gasteiger partial charge in [0, 0.05) is 52.4 Å². The second-order valence-corrected chi connectivity index (χ2v) is 6.18. The van der Waals surface area contributed by atoms with E-state index in [1.165, 1.54) is 5.69 Å². The minimum Gasteiger partial charge on any atom is -0.375 e. The highest BCUT2D eigenvalue weighted by molar-refractivity contribution is 14.0. The number of para-hydroxylation sites is 1. The lowest BCUT2D eigenvalue weighted by Crippen LogP contribution is -2.39. The molecule has 1 aromatic carbocycles. The van der Waals surface area contributed by atoms with Crippen LogP contribution in [-0.4, -0.2) is 54.5 Å². The highest BCUT2D eigenvalue weighted by Gasteiger charge is 2.03. The number of anilines is 1. The molecule has 27 heavy (non-hydrogen) atoms. The van der Waals surface area contributed by atoms with Gasteiger partial charge in [0.15, 0.2) is 5.96 Å². The Balaban J connectivity index is 0.00000364. The van der Waals surface area contributed by atoms with Crippen LogP contribution in [0.1, 0.15) is 25.6 Å². The number of unbranched alkanes of at least 4 members (excludes halogenated alkanes) is 1. The van der Waals surface area contributed by atoms with Gasteiger partial charge in [-0.05, 0) is 25.0 Å². The second kappa shape index (κ2) is 13.3. The number of aryl methyl sites for hydroxylation is 1. The Bertz CT molecular complexity index is 657.